The van der Waals surface area contributed by atoms with Crippen LogP contribution in [0.5, 0.6) is 0 Å². The molecule has 1 aromatic carbocycles. The van der Waals surface area contributed by atoms with E-state index in [1.807, 2.05) is 38.1 Å². The summed E-state index contributed by atoms with van der Waals surface area (Å²) in [4.78, 5) is 22.6. The second-order valence-corrected chi connectivity index (χ2v) is 9.29. The highest BCUT2D eigenvalue weighted by Gasteiger charge is 2.42. The highest BCUT2D eigenvalue weighted by molar-refractivity contribution is 5.69. The predicted octanol–water partition coefficient (Wildman–Crippen LogP) is 4.37. The van der Waals surface area contributed by atoms with Gasteiger partial charge in [0, 0.05) is 18.8 Å². The summed E-state index contributed by atoms with van der Waals surface area (Å²) < 4.78 is 10.4. The summed E-state index contributed by atoms with van der Waals surface area (Å²) in [5.41, 5.74) is 1.21. The van der Waals surface area contributed by atoms with E-state index in [1.54, 1.807) is 0 Å². The lowest BCUT2D eigenvalue weighted by Gasteiger charge is -2.24. The number of aryl methyl sites for hydroxylation is 1. The molecule has 1 saturated carbocycles. The van der Waals surface area contributed by atoms with Crippen LogP contribution in [0, 0.1) is 11.8 Å². The average Bonchev–Trinajstić information content (AvgIpc) is 3.07. The van der Waals surface area contributed by atoms with Gasteiger partial charge in [0.2, 0.25) is 0 Å². The molecular formula is C27H40O6. The Labute approximate surface area is 198 Å². The number of allylic oxidation sites excluding steroid dienone is 2. The van der Waals surface area contributed by atoms with Crippen molar-refractivity contribution in [3.05, 3.63) is 48.0 Å². The molecule has 6 heteroatoms. The molecule has 0 bridgehead atoms. The lowest BCUT2D eigenvalue weighted by molar-refractivity contribution is -0.147. The number of aliphatic hydroxyl groups is 2. The zero-order valence-corrected chi connectivity index (χ0v) is 20.0. The molecule has 1 unspecified atom stereocenters. The molecule has 0 heterocycles. The molecule has 1 aromatic rings. The summed E-state index contributed by atoms with van der Waals surface area (Å²) in [5.74, 6) is -0.177. The van der Waals surface area contributed by atoms with Crippen LogP contribution in [0.15, 0.2) is 42.5 Å². The van der Waals surface area contributed by atoms with Crippen molar-refractivity contribution in [3.63, 3.8) is 0 Å². The van der Waals surface area contributed by atoms with Crippen LogP contribution in [-0.4, -0.2) is 47.1 Å². The standard InChI is InChI=1S/C27H40O6/c1-20(2)33-27(31)13-9-4-3-8-12-24-23(25(30)18-26(24)32-19-28)17-16-22(29)15-14-21-10-6-5-7-11-21/h3,5-8,10-11,19-20,22-26,29-30H,4,9,12-18H2,1-2H3/b8-3-/t22-,23?,24-,25-,26+/m1/s1. The minimum absolute atomic E-state index is 0.0213. The summed E-state index contributed by atoms with van der Waals surface area (Å²) in [5, 5.41) is 21.1. The second kappa shape index (κ2) is 14.9. The van der Waals surface area contributed by atoms with Gasteiger partial charge in [0.25, 0.3) is 6.47 Å². The monoisotopic (exact) mass is 460 g/mol. The Morgan fingerprint density at radius 1 is 1.15 bits per heavy atom. The molecule has 2 N–H and O–H groups in total. The van der Waals surface area contributed by atoms with Crippen molar-refractivity contribution in [2.75, 3.05) is 0 Å². The van der Waals surface area contributed by atoms with Crippen LogP contribution in [0.2, 0.25) is 0 Å². The van der Waals surface area contributed by atoms with Crippen LogP contribution >= 0.6 is 0 Å². The molecule has 5 atom stereocenters. The van der Waals surface area contributed by atoms with Gasteiger partial charge in [-0.05, 0) is 70.3 Å². The fourth-order valence-electron chi connectivity index (χ4n) is 4.67. The molecule has 33 heavy (non-hydrogen) atoms. The van der Waals surface area contributed by atoms with Crippen molar-refractivity contribution in [1.29, 1.82) is 0 Å². The molecule has 6 nitrogen and oxygen atoms in total. The molecule has 0 amide bonds. The first-order valence-electron chi connectivity index (χ1n) is 12.2. The number of carbonyl (C=O) groups excluding carboxylic acids is 2. The van der Waals surface area contributed by atoms with Gasteiger partial charge >= 0.3 is 5.97 Å². The summed E-state index contributed by atoms with van der Waals surface area (Å²) in [6, 6.07) is 10.1. The van der Waals surface area contributed by atoms with E-state index >= 15 is 0 Å². The van der Waals surface area contributed by atoms with E-state index in [2.05, 4.69) is 18.2 Å². The highest BCUT2D eigenvalue weighted by Crippen LogP contribution is 2.40. The number of rotatable bonds is 15. The fourth-order valence-corrected chi connectivity index (χ4v) is 4.67. The van der Waals surface area contributed by atoms with Crippen LogP contribution < -0.4 is 0 Å². The average molecular weight is 461 g/mol. The van der Waals surface area contributed by atoms with Gasteiger partial charge in [0.05, 0.1) is 18.3 Å². The van der Waals surface area contributed by atoms with Crippen molar-refractivity contribution in [2.24, 2.45) is 11.8 Å². The third kappa shape index (κ3) is 10.1. The maximum Gasteiger partial charge on any atom is 0.306 e. The number of hydrogen-bond acceptors (Lipinski definition) is 6. The number of hydrogen-bond donors (Lipinski definition) is 2. The first kappa shape index (κ1) is 27.1. The van der Waals surface area contributed by atoms with Crippen molar-refractivity contribution < 1.29 is 29.3 Å². The number of benzene rings is 1. The lowest BCUT2D eigenvalue weighted by atomic mass is 9.85. The Kier molecular flexibility index (Phi) is 12.2. The van der Waals surface area contributed by atoms with Gasteiger partial charge in [-0.15, -0.1) is 0 Å². The number of aliphatic hydroxyl groups excluding tert-OH is 2. The smallest absolute Gasteiger partial charge is 0.306 e. The minimum atomic E-state index is -0.541. The van der Waals surface area contributed by atoms with E-state index in [0.717, 1.165) is 19.3 Å². The minimum Gasteiger partial charge on any atom is -0.464 e. The van der Waals surface area contributed by atoms with Crippen LogP contribution in [0.25, 0.3) is 0 Å². The van der Waals surface area contributed by atoms with Crippen LogP contribution in [0.1, 0.15) is 70.8 Å². The van der Waals surface area contributed by atoms with E-state index < -0.39 is 12.2 Å². The Balaban J connectivity index is 1.79. The topological polar surface area (TPSA) is 93.1 Å². The Hall–Kier alpha value is -2.18. The molecule has 2 rings (SSSR count). The molecule has 0 aliphatic heterocycles. The summed E-state index contributed by atoms with van der Waals surface area (Å²) in [7, 11) is 0. The third-order valence-corrected chi connectivity index (χ3v) is 6.36. The van der Waals surface area contributed by atoms with E-state index in [-0.39, 0.29) is 30.0 Å². The Morgan fingerprint density at radius 3 is 2.61 bits per heavy atom. The summed E-state index contributed by atoms with van der Waals surface area (Å²) in [6.45, 7) is 4.14. The predicted molar refractivity (Wildman–Crippen MR) is 127 cm³/mol. The van der Waals surface area contributed by atoms with Crippen LogP contribution in [-0.2, 0) is 25.5 Å². The van der Waals surface area contributed by atoms with Gasteiger partial charge in [0.15, 0.2) is 0 Å². The fraction of sp³-hybridized carbons (Fsp3) is 0.630. The number of esters is 1. The van der Waals surface area contributed by atoms with Crippen molar-refractivity contribution in [3.8, 4) is 0 Å². The van der Waals surface area contributed by atoms with Crippen LogP contribution in [0.4, 0.5) is 0 Å². The highest BCUT2D eigenvalue weighted by atomic mass is 16.5. The number of carbonyl (C=O) groups is 2. The van der Waals surface area contributed by atoms with E-state index in [1.165, 1.54) is 5.56 Å². The Bertz CT molecular complexity index is 717. The zero-order chi connectivity index (χ0) is 24.1. The van der Waals surface area contributed by atoms with Gasteiger partial charge in [-0.2, -0.15) is 0 Å². The van der Waals surface area contributed by atoms with Crippen molar-refractivity contribution in [2.45, 2.75) is 96.1 Å². The molecule has 1 fully saturated rings. The molecule has 0 radical (unpaired) electrons. The maximum atomic E-state index is 11.6. The zero-order valence-electron chi connectivity index (χ0n) is 20.0. The second-order valence-electron chi connectivity index (χ2n) is 9.29. The number of unbranched alkanes of at least 4 members (excludes halogenated alkanes) is 1. The molecule has 1 aliphatic rings. The van der Waals surface area contributed by atoms with Crippen LogP contribution in [0.3, 0.4) is 0 Å². The molecule has 1 aliphatic carbocycles. The van der Waals surface area contributed by atoms with E-state index in [9.17, 15) is 19.8 Å². The molecule has 0 saturated heterocycles. The SMILES string of the molecule is CC(C)OC(=O)CCC/C=C\C[C@@H]1C(CC[C@H](O)CCc2ccccc2)[C@H](O)C[C@@H]1OC=O. The van der Waals surface area contributed by atoms with Gasteiger partial charge < -0.3 is 19.7 Å². The first-order chi connectivity index (χ1) is 15.9. The summed E-state index contributed by atoms with van der Waals surface area (Å²) >= 11 is 0. The normalized spacial score (nSPS) is 23.7. The van der Waals surface area contributed by atoms with Gasteiger partial charge in [0.1, 0.15) is 6.10 Å². The van der Waals surface area contributed by atoms with Gasteiger partial charge in [-0.1, -0.05) is 42.5 Å². The molecule has 0 spiro atoms. The van der Waals surface area contributed by atoms with E-state index in [0.29, 0.717) is 45.0 Å². The summed E-state index contributed by atoms with van der Waals surface area (Å²) in [6.07, 6.45) is 8.54. The molecule has 0 aromatic heterocycles. The van der Waals surface area contributed by atoms with Crippen molar-refractivity contribution in [1.82, 2.24) is 0 Å². The largest absolute Gasteiger partial charge is 0.464 e. The molecule has 184 valence electrons. The number of ether oxygens (including phenoxy) is 2. The van der Waals surface area contributed by atoms with Gasteiger partial charge in [-0.25, -0.2) is 0 Å². The maximum absolute atomic E-state index is 11.6. The van der Waals surface area contributed by atoms with Gasteiger partial charge in [-0.3, -0.25) is 9.59 Å². The first-order valence-corrected chi connectivity index (χ1v) is 12.2. The third-order valence-electron chi connectivity index (χ3n) is 6.36. The lowest BCUT2D eigenvalue weighted by Crippen LogP contribution is -2.24. The Morgan fingerprint density at radius 2 is 1.91 bits per heavy atom. The van der Waals surface area contributed by atoms with Crippen molar-refractivity contribution >= 4 is 12.4 Å². The quantitative estimate of drug-likeness (QED) is 0.175. The molecular weight excluding hydrogens is 420 g/mol. The van der Waals surface area contributed by atoms with E-state index in [4.69, 9.17) is 9.47 Å².